The van der Waals surface area contributed by atoms with Crippen molar-refractivity contribution in [1.82, 2.24) is 10.7 Å². The lowest BCUT2D eigenvalue weighted by atomic mass is 9.73. The van der Waals surface area contributed by atoms with Gasteiger partial charge in [-0.25, -0.2) is 0 Å². The van der Waals surface area contributed by atoms with Crippen LogP contribution in [0.1, 0.15) is 32.1 Å². The number of nitrogens with one attached hydrogen (secondary N) is 2. The number of carbonyl (C=O) groups is 2. The second-order valence-electron chi connectivity index (χ2n) is 5.79. The molecule has 0 bridgehead atoms. The number of hydrogen-bond acceptors (Lipinski definition) is 6. The van der Waals surface area contributed by atoms with Crippen LogP contribution in [-0.2, 0) is 14.3 Å². The summed E-state index contributed by atoms with van der Waals surface area (Å²) in [5.41, 5.74) is 1.92. The molecule has 0 unspecified atom stereocenters. The first-order chi connectivity index (χ1) is 10.6. The zero-order valence-electron chi connectivity index (χ0n) is 12.6. The minimum Gasteiger partial charge on any atom is -0.503 e. The van der Waals surface area contributed by atoms with Gasteiger partial charge in [0.05, 0.1) is 0 Å². The number of amides is 1. The van der Waals surface area contributed by atoms with Gasteiger partial charge in [-0.05, 0) is 43.6 Å². The summed E-state index contributed by atoms with van der Waals surface area (Å²) in [4.78, 5) is 23.8. The molecule has 1 fully saturated rings. The molecule has 0 aromatic heterocycles. The number of allylic oxidation sites excluding steroid dienone is 2. The molecule has 22 heavy (non-hydrogen) atoms. The highest BCUT2D eigenvalue weighted by atomic mass is 16.5. The van der Waals surface area contributed by atoms with Crippen LogP contribution in [0, 0.1) is 5.41 Å². The molecule has 0 radical (unpaired) electrons. The van der Waals surface area contributed by atoms with Gasteiger partial charge in [-0.1, -0.05) is 6.08 Å². The van der Waals surface area contributed by atoms with Crippen LogP contribution in [-0.4, -0.2) is 36.6 Å². The first kappa shape index (κ1) is 16.5. The van der Waals surface area contributed by atoms with E-state index in [-0.39, 0.29) is 11.1 Å². The van der Waals surface area contributed by atoms with Gasteiger partial charge in [0.25, 0.3) is 5.91 Å². The molecule has 0 saturated carbocycles. The van der Waals surface area contributed by atoms with E-state index in [1.165, 1.54) is 6.08 Å². The summed E-state index contributed by atoms with van der Waals surface area (Å²) >= 11 is 0. The van der Waals surface area contributed by atoms with Crippen LogP contribution in [0.2, 0.25) is 0 Å². The van der Waals surface area contributed by atoms with Crippen LogP contribution in [0.25, 0.3) is 0 Å². The Labute approximate surface area is 129 Å². The number of aliphatic hydroxyl groups excluding tert-OH is 1. The molecule has 1 saturated heterocycles. The molecule has 2 rings (SSSR count). The quantitative estimate of drug-likeness (QED) is 0.413. The maximum Gasteiger partial charge on any atom is 0.272 e. The van der Waals surface area contributed by atoms with Gasteiger partial charge < -0.3 is 20.6 Å². The Morgan fingerprint density at radius 3 is 2.64 bits per heavy atom. The molecule has 2 aliphatic rings. The molecule has 7 heteroatoms. The van der Waals surface area contributed by atoms with E-state index in [1.54, 1.807) is 6.08 Å². The van der Waals surface area contributed by atoms with Crippen molar-refractivity contribution < 1.29 is 19.4 Å². The lowest BCUT2D eigenvalue weighted by Gasteiger charge is -2.37. The van der Waals surface area contributed by atoms with Crippen LogP contribution >= 0.6 is 0 Å². The topological polar surface area (TPSA) is 114 Å². The smallest absolute Gasteiger partial charge is 0.272 e. The van der Waals surface area contributed by atoms with Crippen molar-refractivity contribution in [3.05, 3.63) is 23.6 Å². The third-order valence-electron chi connectivity index (χ3n) is 4.45. The van der Waals surface area contributed by atoms with E-state index < -0.39 is 17.4 Å². The molecule has 7 nitrogen and oxygen atoms in total. The third-order valence-corrected chi connectivity index (χ3v) is 4.45. The number of carbonyl (C=O) groups excluding carboxylic acids is 2. The van der Waals surface area contributed by atoms with Crippen LogP contribution in [0.15, 0.2) is 23.6 Å². The normalized spacial score (nSPS) is 28.4. The standard InChI is InChI=1S/C15H23N3O4/c16-18-12-13(20)11(19)3-1-2-4-15(5-8-17-14(12)21)6-9-22-10-7-15/h1,3,18,20H,2,4-10,16H2,(H,17,21)/b3-1-,13-12+. The van der Waals surface area contributed by atoms with E-state index in [0.717, 1.165) is 45.3 Å². The van der Waals surface area contributed by atoms with E-state index in [0.29, 0.717) is 6.54 Å². The lowest BCUT2D eigenvalue weighted by molar-refractivity contribution is -0.119. The summed E-state index contributed by atoms with van der Waals surface area (Å²) in [6.07, 6.45) is 7.45. The molecular weight excluding hydrogens is 286 g/mol. The number of hydrazine groups is 1. The zero-order valence-corrected chi connectivity index (χ0v) is 12.6. The van der Waals surface area contributed by atoms with Crippen molar-refractivity contribution in [2.45, 2.75) is 32.1 Å². The fourth-order valence-corrected chi connectivity index (χ4v) is 2.98. The van der Waals surface area contributed by atoms with Crippen molar-refractivity contribution in [1.29, 1.82) is 0 Å². The summed E-state index contributed by atoms with van der Waals surface area (Å²) in [5.74, 6) is 3.36. The van der Waals surface area contributed by atoms with Gasteiger partial charge in [-0.15, -0.1) is 0 Å². The Balaban J connectivity index is 2.18. The first-order valence-corrected chi connectivity index (χ1v) is 7.55. The second-order valence-corrected chi connectivity index (χ2v) is 5.79. The summed E-state index contributed by atoms with van der Waals surface area (Å²) < 4.78 is 5.43. The fourth-order valence-electron chi connectivity index (χ4n) is 2.98. The molecule has 0 aromatic rings. The van der Waals surface area contributed by atoms with E-state index in [9.17, 15) is 14.7 Å². The van der Waals surface area contributed by atoms with Crippen LogP contribution in [0.3, 0.4) is 0 Å². The number of ether oxygens (including phenoxy) is 1. The molecule has 1 amide bonds. The molecule has 1 spiro atoms. The largest absolute Gasteiger partial charge is 0.503 e. The number of ketones is 1. The predicted octanol–water partition coefficient (Wildman–Crippen LogP) is 0.441. The molecular formula is C15H23N3O4. The summed E-state index contributed by atoms with van der Waals surface area (Å²) in [7, 11) is 0. The molecule has 2 heterocycles. The van der Waals surface area contributed by atoms with E-state index >= 15 is 0 Å². The molecule has 2 aliphatic heterocycles. The first-order valence-electron chi connectivity index (χ1n) is 7.55. The number of aliphatic hydroxyl groups is 1. The minimum absolute atomic E-state index is 0.125. The van der Waals surface area contributed by atoms with Crippen LogP contribution in [0.5, 0.6) is 0 Å². The summed E-state index contributed by atoms with van der Waals surface area (Å²) in [5, 5.41) is 12.5. The Morgan fingerprint density at radius 2 is 1.95 bits per heavy atom. The van der Waals surface area contributed by atoms with Gasteiger partial charge in [-0.2, -0.15) is 0 Å². The SMILES string of the molecule is NN/C1=C(/O)C(=O)/C=C\CCC2(CCNC1=O)CCOCC2. The van der Waals surface area contributed by atoms with Crippen molar-refractivity contribution >= 4 is 11.7 Å². The van der Waals surface area contributed by atoms with Crippen molar-refractivity contribution in [2.75, 3.05) is 19.8 Å². The number of rotatable bonds is 1. The van der Waals surface area contributed by atoms with Gasteiger partial charge >= 0.3 is 0 Å². The van der Waals surface area contributed by atoms with E-state index in [4.69, 9.17) is 10.6 Å². The Hall–Kier alpha value is -1.86. The van der Waals surface area contributed by atoms with E-state index in [2.05, 4.69) is 10.7 Å². The summed E-state index contributed by atoms with van der Waals surface area (Å²) in [6, 6.07) is 0. The van der Waals surface area contributed by atoms with Crippen LogP contribution in [0.4, 0.5) is 0 Å². The maximum atomic E-state index is 12.0. The number of hydrogen-bond donors (Lipinski definition) is 4. The van der Waals surface area contributed by atoms with Gasteiger partial charge in [0, 0.05) is 19.8 Å². The molecule has 0 aliphatic carbocycles. The number of nitrogens with two attached hydrogens (primary N) is 1. The highest BCUT2D eigenvalue weighted by molar-refractivity contribution is 6.08. The fraction of sp³-hybridized carbons (Fsp3) is 0.600. The van der Waals surface area contributed by atoms with Crippen molar-refractivity contribution in [3.8, 4) is 0 Å². The minimum atomic E-state index is -0.669. The van der Waals surface area contributed by atoms with Gasteiger partial charge in [0.15, 0.2) is 11.5 Å². The van der Waals surface area contributed by atoms with Gasteiger partial charge in [0.1, 0.15) is 0 Å². The Kier molecular flexibility index (Phi) is 5.57. The molecule has 0 aromatic carbocycles. The average Bonchev–Trinajstić information content (AvgIpc) is 2.52. The highest BCUT2D eigenvalue weighted by Gasteiger charge is 2.32. The monoisotopic (exact) mass is 309 g/mol. The van der Waals surface area contributed by atoms with Crippen LogP contribution < -0.4 is 16.6 Å². The van der Waals surface area contributed by atoms with Gasteiger partial charge in [-0.3, -0.25) is 15.4 Å². The summed E-state index contributed by atoms with van der Waals surface area (Å²) in [6.45, 7) is 1.93. The van der Waals surface area contributed by atoms with E-state index in [1.807, 2.05) is 0 Å². The van der Waals surface area contributed by atoms with Crippen molar-refractivity contribution in [2.24, 2.45) is 11.3 Å². The Bertz CT molecular complexity index is 493. The maximum absolute atomic E-state index is 12.0. The zero-order chi connectivity index (χ0) is 16.0. The average molecular weight is 309 g/mol. The van der Waals surface area contributed by atoms with Gasteiger partial charge in [0.2, 0.25) is 5.78 Å². The molecule has 122 valence electrons. The third kappa shape index (κ3) is 3.86. The predicted molar refractivity (Wildman–Crippen MR) is 80.5 cm³/mol. The second kappa shape index (κ2) is 7.42. The lowest BCUT2D eigenvalue weighted by Crippen LogP contribution is -2.40. The molecule has 5 N–H and O–H groups in total. The highest BCUT2D eigenvalue weighted by Crippen LogP contribution is 2.38. The molecule has 0 atom stereocenters. The Morgan fingerprint density at radius 1 is 1.23 bits per heavy atom. The van der Waals surface area contributed by atoms with Crippen molar-refractivity contribution in [3.63, 3.8) is 0 Å².